The maximum Gasteiger partial charge on any atom is 0.490 e. The number of hydrogen-bond donors (Lipinski definition) is 2. The first-order chi connectivity index (χ1) is 19.9. The van der Waals surface area contributed by atoms with E-state index in [1.54, 1.807) is 4.90 Å². The topological polar surface area (TPSA) is 114 Å². The molecule has 2 aliphatic rings. The zero-order chi connectivity index (χ0) is 32.6. The standard InChI is InChI=1S/C23H29FN4O.2C2HF3O2/c1-26(2)22(29)23-11-5-13-27(14-18-7-9-20(24)10-8-18)15-19(23)16-28(17-23)21-6-3-4-12-25-21;2*3-2(4,5)1(6)7/h3-4,6-10,12,19H,5,11,13-17H2,1-2H3;2*(H,6,7)/t19-,23-;;/m0../s1. The molecule has 2 atom stereocenters. The van der Waals surface area contributed by atoms with E-state index in [1.165, 1.54) is 12.1 Å². The van der Waals surface area contributed by atoms with Gasteiger partial charge in [-0.1, -0.05) is 18.2 Å². The number of carboxylic acids is 2. The van der Waals surface area contributed by atoms with E-state index in [2.05, 4.69) is 14.8 Å². The minimum absolute atomic E-state index is 0.206. The first-order valence-corrected chi connectivity index (χ1v) is 12.8. The van der Waals surface area contributed by atoms with Gasteiger partial charge in [-0.2, -0.15) is 26.3 Å². The highest BCUT2D eigenvalue weighted by molar-refractivity contribution is 5.84. The molecule has 43 heavy (non-hydrogen) atoms. The van der Waals surface area contributed by atoms with Gasteiger partial charge < -0.3 is 20.0 Å². The van der Waals surface area contributed by atoms with Crippen LogP contribution in [0.25, 0.3) is 0 Å². The van der Waals surface area contributed by atoms with E-state index >= 15 is 0 Å². The van der Waals surface area contributed by atoms with Crippen molar-refractivity contribution >= 4 is 23.7 Å². The molecule has 2 saturated heterocycles. The molecule has 1 aromatic heterocycles. The molecule has 3 heterocycles. The van der Waals surface area contributed by atoms with Gasteiger partial charge in [-0.3, -0.25) is 9.69 Å². The van der Waals surface area contributed by atoms with Crippen LogP contribution in [0.1, 0.15) is 18.4 Å². The van der Waals surface area contributed by atoms with Crippen LogP contribution in [0.2, 0.25) is 0 Å². The molecule has 0 unspecified atom stereocenters. The predicted octanol–water partition coefficient (Wildman–Crippen LogP) is 4.29. The van der Waals surface area contributed by atoms with E-state index in [0.717, 1.165) is 56.9 Å². The predicted molar refractivity (Wildman–Crippen MR) is 139 cm³/mol. The summed E-state index contributed by atoms with van der Waals surface area (Å²) < 4.78 is 76.7. The molecule has 0 radical (unpaired) electrons. The van der Waals surface area contributed by atoms with Crippen LogP contribution in [-0.2, 0) is 20.9 Å². The highest BCUT2D eigenvalue weighted by Gasteiger charge is 2.53. The number of pyridine rings is 1. The Kier molecular flexibility index (Phi) is 11.9. The highest BCUT2D eigenvalue weighted by Crippen LogP contribution is 2.45. The first-order valence-electron chi connectivity index (χ1n) is 12.8. The second-order valence-electron chi connectivity index (χ2n) is 10.2. The summed E-state index contributed by atoms with van der Waals surface area (Å²) in [6.45, 7) is 4.15. The van der Waals surface area contributed by atoms with Crippen molar-refractivity contribution in [2.24, 2.45) is 11.3 Å². The number of alkyl halides is 6. The summed E-state index contributed by atoms with van der Waals surface area (Å²) in [4.78, 5) is 42.1. The van der Waals surface area contributed by atoms with Gasteiger partial charge in [0.2, 0.25) is 5.91 Å². The van der Waals surface area contributed by atoms with Gasteiger partial charge in [-0.15, -0.1) is 0 Å². The number of aliphatic carboxylic acids is 2. The number of carbonyl (C=O) groups excluding carboxylic acids is 1. The number of carbonyl (C=O) groups is 3. The lowest BCUT2D eigenvalue weighted by atomic mass is 9.74. The number of hydrogen-bond acceptors (Lipinski definition) is 6. The van der Waals surface area contributed by atoms with Gasteiger partial charge in [0.1, 0.15) is 11.6 Å². The van der Waals surface area contributed by atoms with Crippen LogP contribution in [-0.4, -0.2) is 95.5 Å². The smallest absolute Gasteiger partial charge is 0.475 e. The molecule has 4 rings (SSSR count). The SMILES string of the molecule is CN(C)C(=O)[C@]12CCCN(Cc3ccc(F)cc3)C[C@H]1CN(c1ccccn1)C2.O=C(O)C(F)(F)F.O=C(O)C(F)(F)F. The number of nitrogens with zero attached hydrogens (tertiary/aromatic N) is 4. The van der Waals surface area contributed by atoms with Crippen molar-refractivity contribution in [1.29, 1.82) is 0 Å². The fourth-order valence-electron chi connectivity index (χ4n) is 5.01. The van der Waals surface area contributed by atoms with Crippen molar-refractivity contribution in [2.75, 3.05) is 45.2 Å². The fraction of sp³-hybridized carbons (Fsp3) is 0.481. The summed E-state index contributed by atoms with van der Waals surface area (Å²) in [6.07, 6.45) is -6.49. The summed E-state index contributed by atoms with van der Waals surface area (Å²) in [5, 5.41) is 14.2. The van der Waals surface area contributed by atoms with Crippen LogP contribution in [0.15, 0.2) is 48.7 Å². The summed E-state index contributed by atoms with van der Waals surface area (Å²) in [5.74, 6) is -4.31. The van der Waals surface area contributed by atoms with Gasteiger partial charge in [0.25, 0.3) is 0 Å². The molecule has 238 valence electrons. The molecule has 9 nitrogen and oxygen atoms in total. The molecule has 2 N–H and O–H groups in total. The highest BCUT2D eigenvalue weighted by atomic mass is 19.4. The third-order valence-corrected chi connectivity index (χ3v) is 6.88. The molecule has 16 heteroatoms. The van der Waals surface area contributed by atoms with Crippen molar-refractivity contribution in [3.05, 3.63) is 60.0 Å². The number of rotatable bonds is 4. The zero-order valence-electron chi connectivity index (χ0n) is 23.2. The summed E-state index contributed by atoms with van der Waals surface area (Å²) in [7, 11) is 3.72. The lowest BCUT2D eigenvalue weighted by molar-refractivity contribution is -0.193. The largest absolute Gasteiger partial charge is 0.490 e. The number of aromatic nitrogens is 1. The average molecular weight is 625 g/mol. The number of benzene rings is 1. The molecule has 0 saturated carbocycles. The lowest BCUT2D eigenvalue weighted by Gasteiger charge is -2.34. The molecular weight excluding hydrogens is 593 g/mol. The minimum Gasteiger partial charge on any atom is -0.475 e. The quantitative estimate of drug-likeness (QED) is 0.485. The molecule has 1 amide bonds. The normalized spacial score (nSPS) is 20.4. The monoisotopic (exact) mass is 624 g/mol. The number of likely N-dealkylation sites (tertiary alicyclic amines) is 1. The van der Waals surface area contributed by atoms with E-state index in [-0.39, 0.29) is 23.1 Å². The van der Waals surface area contributed by atoms with E-state index in [0.29, 0.717) is 0 Å². The van der Waals surface area contributed by atoms with Gasteiger partial charge in [-0.05, 0) is 49.2 Å². The van der Waals surface area contributed by atoms with Crippen LogP contribution >= 0.6 is 0 Å². The van der Waals surface area contributed by atoms with Crippen molar-refractivity contribution in [2.45, 2.75) is 31.7 Å². The average Bonchev–Trinajstić information content (AvgIpc) is 3.19. The van der Waals surface area contributed by atoms with E-state index in [4.69, 9.17) is 19.8 Å². The number of anilines is 1. The Bertz CT molecular complexity index is 1200. The molecule has 0 spiro atoms. The third-order valence-electron chi connectivity index (χ3n) is 6.88. The van der Waals surface area contributed by atoms with Crippen LogP contribution in [0, 0.1) is 17.2 Å². The van der Waals surface area contributed by atoms with Crippen molar-refractivity contribution in [3.63, 3.8) is 0 Å². The molecular formula is C27H31F7N4O5. The molecule has 2 fully saturated rings. The number of carboxylic acid groups (broad SMARTS) is 2. The minimum atomic E-state index is -5.08. The van der Waals surface area contributed by atoms with Crippen LogP contribution < -0.4 is 4.90 Å². The summed E-state index contributed by atoms with van der Waals surface area (Å²) in [5.41, 5.74) is 0.732. The van der Waals surface area contributed by atoms with Gasteiger partial charge in [0, 0.05) is 52.4 Å². The van der Waals surface area contributed by atoms with Gasteiger partial charge in [0.15, 0.2) is 0 Å². The number of amides is 1. The molecule has 2 aromatic rings. The van der Waals surface area contributed by atoms with Crippen LogP contribution in [0.5, 0.6) is 0 Å². The Morgan fingerprint density at radius 2 is 1.51 bits per heavy atom. The fourth-order valence-corrected chi connectivity index (χ4v) is 5.01. The molecule has 2 aliphatic heterocycles. The second kappa shape index (κ2) is 14.5. The third kappa shape index (κ3) is 10.1. The van der Waals surface area contributed by atoms with Crippen molar-refractivity contribution < 1.29 is 55.3 Å². The summed E-state index contributed by atoms with van der Waals surface area (Å²) in [6, 6.07) is 12.7. The van der Waals surface area contributed by atoms with Gasteiger partial charge in [0.05, 0.1) is 5.41 Å². The van der Waals surface area contributed by atoms with Gasteiger partial charge in [-0.25, -0.2) is 19.0 Å². The van der Waals surface area contributed by atoms with Gasteiger partial charge >= 0.3 is 24.3 Å². The van der Waals surface area contributed by atoms with Crippen LogP contribution in [0.3, 0.4) is 0 Å². The molecule has 0 bridgehead atoms. The van der Waals surface area contributed by atoms with E-state index < -0.39 is 24.3 Å². The van der Waals surface area contributed by atoms with Crippen molar-refractivity contribution in [1.82, 2.24) is 14.8 Å². The Balaban J connectivity index is 0.000000384. The molecule has 0 aliphatic carbocycles. The van der Waals surface area contributed by atoms with E-state index in [1.807, 2.05) is 50.6 Å². The Labute approximate surface area is 242 Å². The Hall–Kier alpha value is -3.95. The second-order valence-corrected chi connectivity index (χ2v) is 10.2. The van der Waals surface area contributed by atoms with Crippen LogP contribution in [0.4, 0.5) is 36.6 Å². The summed E-state index contributed by atoms with van der Waals surface area (Å²) >= 11 is 0. The van der Waals surface area contributed by atoms with Crippen molar-refractivity contribution in [3.8, 4) is 0 Å². The van der Waals surface area contributed by atoms with E-state index in [9.17, 15) is 35.5 Å². The first kappa shape index (κ1) is 35.2. The maximum absolute atomic E-state index is 13.4. The lowest BCUT2D eigenvalue weighted by Crippen LogP contribution is -2.47. The maximum atomic E-state index is 13.4. The molecule has 1 aromatic carbocycles. The Morgan fingerprint density at radius 1 is 0.953 bits per heavy atom. The number of fused-ring (bicyclic) bond motifs is 1. The zero-order valence-corrected chi connectivity index (χ0v) is 23.2. The Morgan fingerprint density at radius 3 is 1.98 bits per heavy atom. The number of halogens is 7.